The number of hydrogen-bond donors (Lipinski definition) is 1. The lowest BCUT2D eigenvalue weighted by Gasteiger charge is -2.31. The molecule has 5 rings (SSSR count). The van der Waals surface area contributed by atoms with Gasteiger partial charge in [0.2, 0.25) is 0 Å². The molecule has 0 radical (unpaired) electrons. The quantitative estimate of drug-likeness (QED) is 0.232. The molecule has 1 N–H and O–H groups in total. The number of aryl methyl sites for hydroxylation is 1. The van der Waals surface area contributed by atoms with Crippen molar-refractivity contribution in [2.75, 3.05) is 10.2 Å². The second kappa shape index (κ2) is 9.16. The molecule has 0 aliphatic carbocycles. The average Bonchev–Trinajstić information content (AvgIpc) is 2.87. The van der Waals surface area contributed by atoms with Crippen LogP contribution >= 0.6 is 11.8 Å². The number of anilines is 4. The number of hydrogen-bond acceptors (Lipinski definition) is 7. The van der Waals surface area contributed by atoms with Crippen LogP contribution in [0, 0.1) is 27.2 Å². The summed E-state index contributed by atoms with van der Waals surface area (Å²) in [7, 11) is 0. The molecule has 1 aliphatic rings. The van der Waals surface area contributed by atoms with Gasteiger partial charge in [-0.15, -0.1) is 0 Å². The lowest BCUT2D eigenvalue weighted by Crippen LogP contribution is -2.28. The topological polar surface area (TPSA) is 119 Å². The first-order chi connectivity index (χ1) is 17.3. The highest BCUT2D eigenvalue weighted by atomic mass is 32.2. The summed E-state index contributed by atoms with van der Waals surface area (Å²) in [6, 6.07) is 23.6. The van der Waals surface area contributed by atoms with Gasteiger partial charge < -0.3 is 5.32 Å². The summed E-state index contributed by atoms with van der Waals surface area (Å²) in [5.41, 5.74) is 1.01. The molecule has 4 aromatic carbocycles. The van der Waals surface area contributed by atoms with Crippen molar-refractivity contribution in [1.82, 2.24) is 0 Å². The number of carbonyl (C=O) groups is 1. The predicted octanol–water partition coefficient (Wildman–Crippen LogP) is 7.00. The van der Waals surface area contributed by atoms with Gasteiger partial charge in [-0.1, -0.05) is 53.7 Å². The Hall–Kier alpha value is -4.70. The highest BCUT2D eigenvalue weighted by Gasteiger charge is 2.33. The van der Waals surface area contributed by atoms with Crippen LogP contribution in [-0.2, 0) is 0 Å². The third-order valence-electron chi connectivity index (χ3n) is 5.69. The van der Waals surface area contributed by atoms with E-state index in [9.17, 15) is 25.0 Å². The molecule has 0 fully saturated rings. The maximum Gasteiger partial charge on any atom is 0.300 e. The monoisotopic (exact) mass is 498 g/mol. The van der Waals surface area contributed by atoms with Gasteiger partial charge in [-0.2, -0.15) is 0 Å². The fourth-order valence-corrected chi connectivity index (χ4v) is 5.04. The lowest BCUT2D eigenvalue weighted by molar-refractivity contribution is -0.392. The van der Waals surface area contributed by atoms with Crippen LogP contribution < -0.4 is 10.2 Å². The van der Waals surface area contributed by atoms with E-state index in [1.54, 1.807) is 48.5 Å². The van der Waals surface area contributed by atoms with Gasteiger partial charge in [0.25, 0.3) is 5.91 Å². The van der Waals surface area contributed by atoms with Crippen molar-refractivity contribution in [2.24, 2.45) is 0 Å². The first-order valence-electron chi connectivity index (χ1n) is 10.8. The minimum atomic E-state index is -0.728. The molecule has 9 nitrogen and oxygen atoms in total. The molecule has 0 saturated carbocycles. The number of para-hydroxylation sites is 2. The van der Waals surface area contributed by atoms with Crippen LogP contribution in [0.3, 0.4) is 0 Å². The number of nitrogens with one attached hydrogen (secondary N) is 1. The van der Waals surface area contributed by atoms with Gasteiger partial charge >= 0.3 is 11.4 Å². The highest BCUT2D eigenvalue weighted by molar-refractivity contribution is 7.99. The normalized spacial score (nSPS) is 11.9. The number of rotatable bonds is 5. The van der Waals surface area contributed by atoms with Gasteiger partial charge in [-0.25, -0.2) is 0 Å². The number of nitro groups is 2. The van der Waals surface area contributed by atoms with E-state index in [1.807, 2.05) is 31.2 Å². The lowest BCUT2D eigenvalue weighted by atomic mass is 10.1. The second-order valence-corrected chi connectivity index (χ2v) is 9.16. The predicted molar refractivity (Wildman–Crippen MR) is 138 cm³/mol. The SMILES string of the molecule is Cc1ccc(Nc2c([N+](=O)[O-])cc(C(=O)N3c4ccccc4Sc4ccccc43)cc2[N+](=O)[O-])cc1. The van der Waals surface area contributed by atoms with E-state index in [2.05, 4.69) is 5.32 Å². The number of carbonyl (C=O) groups excluding carboxylic acids is 1. The van der Waals surface area contributed by atoms with E-state index >= 15 is 0 Å². The first-order valence-corrected chi connectivity index (χ1v) is 11.7. The largest absolute Gasteiger partial charge is 0.344 e. The second-order valence-electron chi connectivity index (χ2n) is 8.07. The molecule has 0 atom stereocenters. The van der Waals surface area contributed by atoms with Gasteiger partial charge in [0, 0.05) is 27.6 Å². The molecular formula is C26H18N4O5S. The number of amides is 1. The Labute approximate surface area is 209 Å². The molecule has 0 saturated heterocycles. The van der Waals surface area contributed by atoms with E-state index in [0.29, 0.717) is 17.1 Å². The van der Waals surface area contributed by atoms with Crippen LogP contribution in [0.15, 0.2) is 94.7 Å². The van der Waals surface area contributed by atoms with Crippen molar-refractivity contribution in [2.45, 2.75) is 16.7 Å². The Morgan fingerprint density at radius 3 is 1.81 bits per heavy atom. The zero-order chi connectivity index (χ0) is 25.4. The molecule has 1 aliphatic heterocycles. The molecule has 1 amide bonds. The van der Waals surface area contributed by atoms with E-state index in [4.69, 9.17) is 0 Å². The number of nitro benzene ring substituents is 2. The molecule has 178 valence electrons. The fourth-order valence-electron chi connectivity index (χ4n) is 3.99. The van der Waals surface area contributed by atoms with Crippen LogP contribution in [0.1, 0.15) is 15.9 Å². The van der Waals surface area contributed by atoms with Crippen molar-refractivity contribution in [1.29, 1.82) is 0 Å². The summed E-state index contributed by atoms with van der Waals surface area (Å²) in [6.07, 6.45) is 0. The van der Waals surface area contributed by atoms with Crippen LogP contribution in [-0.4, -0.2) is 15.8 Å². The van der Waals surface area contributed by atoms with Crippen molar-refractivity contribution in [3.8, 4) is 0 Å². The van der Waals surface area contributed by atoms with Gasteiger partial charge in [0.15, 0.2) is 5.69 Å². The van der Waals surface area contributed by atoms with Crippen LogP contribution in [0.2, 0.25) is 0 Å². The van der Waals surface area contributed by atoms with E-state index in [1.165, 1.54) is 16.7 Å². The molecule has 0 bridgehead atoms. The Morgan fingerprint density at radius 1 is 0.806 bits per heavy atom. The minimum Gasteiger partial charge on any atom is -0.344 e. The van der Waals surface area contributed by atoms with Crippen molar-refractivity contribution < 1.29 is 14.6 Å². The summed E-state index contributed by atoms with van der Waals surface area (Å²) < 4.78 is 0. The molecule has 10 heteroatoms. The number of benzene rings is 4. The summed E-state index contributed by atoms with van der Waals surface area (Å²) in [4.78, 5) is 39.5. The van der Waals surface area contributed by atoms with Crippen LogP contribution in [0.4, 0.5) is 34.1 Å². The smallest absolute Gasteiger partial charge is 0.300 e. The molecule has 4 aromatic rings. The van der Waals surface area contributed by atoms with Crippen molar-refractivity contribution in [3.63, 3.8) is 0 Å². The maximum absolute atomic E-state index is 13.8. The van der Waals surface area contributed by atoms with E-state index in [0.717, 1.165) is 27.5 Å². The number of nitrogens with zero attached hydrogens (tertiary/aromatic N) is 3. The third kappa shape index (κ3) is 4.14. The first kappa shape index (κ1) is 23.1. The molecule has 0 spiro atoms. The molecule has 36 heavy (non-hydrogen) atoms. The van der Waals surface area contributed by atoms with Gasteiger partial charge in [0.1, 0.15) is 0 Å². The summed E-state index contributed by atoms with van der Waals surface area (Å²) in [5.74, 6) is -0.608. The zero-order valence-corrected chi connectivity index (χ0v) is 19.7. The Kier molecular flexibility index (Phi) is 5.87. The molecule has 0 unspecified atom stereocenters. The average molecular weight is 499 g/mol. The van der Waals surface area contributed by atoms with Gasteiger partial charge in [-0.05, 0) is 43.3 Å². The maximum atomic E-state index is 13.8. The fraction of sp³-hybridized carbons (Fsp3) is 0.0385. The standard InChI is InChI=1S/C26H18N4O5S/c1-16-10-12-18(13-11-16)27-25-21(29(32)33)14-17(15-22(25)30(34)35)26(31)28-19-6-2-4-8-23(19)36-24-9-5-3-7-20(24)28/h2-15,27H,1H3. The Bertz CT molecular complexity index is 1460. The summed E-state index contributed by atoms with van der Waals surface area (Å²) >= 11 is 1.50. The van der Waals surface area contributed by atoms with Crippen LogP contribution in [0.5, 0.6) is 0 Å². The third-order valence-corrected chi connectivity index (χ3v) is 6.82. The molecule has 1 heterocycles. The van der Waals surface area contributed by atoms with Crippen molar-refractivity contribution in [3.05, 3.63) is 116 Å². The van der Waals surface area contributed by atoms with E-state index in [-0.39, 0.29) is 11.3 Å². The molecule has 0 aromatic heterocycles. The zero-order valence-electron chi connectivity index (χ0n) is 18.9. The van der Waals surface area contributed by atoms with Gasteiger partial charge in [-0.3, -0.25) is 29.9 Å². The Morgan fingerprint density at radius 2 is 1.31 bits per heavy atom. The summed E-state index contributed by atoms with van der Waals surface area (Å²) in [6.45, 7) is 1.88. The number of fused-ring (bicyclic) bond motifs is 2. The van der Waals surface area contributed by atoms with Gasteiger partial charge in [0.05, 0.1) is 26.8 Å². The molecular weight excluding hydrogens is 480 g/mol. The summed E-state index contributed by atoms with van der Waals surface area (Å²) in [5, 5.41) is 26.8. The Balaban J connectivity index is 1.65. The highest BCUT2D eigenvalue weighted by Crippen LogP contribution is 2.49. The van der Waals surface area contributed by atoms with Crippen LogP contribution in [0.25, 0.3) is 0 Å². The van der Waals surface area contributed by atoms with E-state index < -0.39 is 27.1 Å². The minimum absolute atomic E-state index is 0.167. The van der Waals surface area contributed by atoms with Crippen molar-refractivity contribution >= 4 is 51.8 Å².